The van der Waals surface area contributed by atoms with E-state index in [-0.39, 0.29) is 23.2 Å². The minimum atomic E-state index is -0.811. The molecule has 1 saturated heterocycles. The molecule has 7 nitrogen and oxygen atoms in total. The van der Waals surface area contributed by atoms with Crippen molar-refractivity contribution in [2.75, 3.05) is 13.6 Å². The number of ketones is 1. The first-order valence-corrected chi connectivity index (χ1v) is 14.1. The molecule has 5 aliphatic rings. The smallest absolute Gasteiger partial charge is 0.310 e. The number of aliphatic hydroxyl groups excluding tert-OH is 1. The van der Waals surface area contributed by atoms with Crippen LogP contribution in [0, 0.1) is 11.8 Å². The maximum absolute atomic E-state index is 11.6. The highest BCUT2D eigenvalue weighted by Crippen LogP contribution is 2.62. The summed E-state index contributed by atoms with van der Waals surface area (Å²) in [6.07, 6.45) is 8.69. The van der Waals surface area contributed by atoms with E-state index >= 15 is 0 Å². The fourth-order valence-electron chi connectivity index (χ4n) is 7.71. The third kappa shape index (κ3) is 4.18. The van der Waals surface area contributed by atoms with Gasteiger partial charge in [-0.2, -0.15) is 0 Å². The van der Waals surface area contributed by atoms with Gasteiger partial charge in [0.25, 0.3) is 0 Å². The van der Waals surface area contributed by atoms with E-state index in [0.29, 0.717) is 23.5 Å². The largest absolute Gasteiger partial charge is 0.504 e. The molecule has 0 radical (unpaired) electrons. The van der Waals surface area contributed by atoms with Crippen LogP contribution in [0.3, 0.4) is 0 Å². The van der Waals surface area contributed by atoms with E-state index in [4.69, 9.17) is 9.84 Å². The van der Waals surface area contributed by atoms with E-state index in [1.807, 2.05) is 36.4 Å². The van der Waals surface area contributed by atoms with Crippen LogP contribution in [-0.4, -0.2) is 63.8 Å². The number of aliphatic carboxylic acids is 1. The number of aliphatic hydroxyl groups is 1. The topological polar surface area (TPSA) is 107 Å². The van der Waals surface area contributed by atoms with Crippen molar-refractivity contribution in [1.29, 1.82) is 0 Å². The molecule has 0 aromatic heterocycles. The molecule has 2 aromatic rings. The molecule has 3 N–H and O–H groups in total. The van der Waals surface area contributed by atoms with Crippen molar-refractivity contribution >= 4 is 11.8 Å². The summed E-state index contributed by atoms with van der Waals surface area (Å²) in [5.41, 5.74) is 4.22. The maximum atomic E-state index is 11.6. The van der Waals surface area contributed by atoms with Crippen LogP contribution in [0.4, 0.5) is 0 Å². The average molecular weight is 532 g/mol. The molecule has 2 fully saturated rings. The molecule has 2 bridgehead atoms. The minimum absolute atomic E-state index is 0.160. The van der Waals surface area contributed by atoms with Gasteiger partial charge < -0.3 is 25.0 Å². The Kier molecular flexibility index (Phi) is 6.55. The number of aromatic hydroxyl groups is 1. The van der Waals surface area contributed by atoms with Gasteiger partial charge in [0.2, 0.25) is 0 Å². The number of nitrogens with zero attached hydrogens (tertiary/aromatic N) is 1. The second-order valence-electron chi connectivity index (χ2n) is 12.0. The van der Waals surface area contributed by atoms with Gasteiger partial charge in [0, 0.05) is 35.3 Å². The molecular weight excluding hydrogens is 494 g/mol. The Hall–Kier alpha value is -3.16. The van der Waals surface area contributed by atoms with Gasteiger partial charge in [-0.1, -0.05) is 42.5 Å². The highest BCUT2D eigenvalue weighted by Gasteiger charge is 2.64. The molecule has 7 rings (SSSR count). The number of carbonyl (C=O) groups is 2. The monoisotopic (exact) mass is 531 g/mol. The number of carboxylic acids is 1. The first kappa shape index (κ1) is 26.1. The van der Waals surface area contributed by atoms with Crippen molar-refractivity contribution in [3.8, 4) is 11.5 Å². The van der Waals surface area contributed by atoms with Gasteiger partial charge in [0.1, 0.15) is 18.0 Å². The number of ether oxygens (including phenoxy) is 1. The van der Waals surface area contributed by atoms with Crippen LogP contribution in [0.15, 0.2) is 48.6 Å². The number of hydrogen-bond donors (Lipinski definition) is 3. The summed E-state index contributed by atoms with van der Waals surface area (Å²) in [4.78, 5) is 24.9. The molecule has 2 unspecified atom stereocenters. The number of benzene rings is 2. The lowest BCUT2D eigenvalue weighted by Gasteiger charge is -2.56. The normalized spacial score (nSPS) is 32.6. The first-order valence-electron chi connectivity index (χ1n) is 14.1. The van der Waals surface area contributed by atoms with E-state index < -0.39 is 18.0 Å². The molecule has 39 heavy (non-hydrogen) atoms. The highest BCUT2D eigenvalue weighted by atomic mass is 16.5. The van der Waals surface area contributed by atoms with Gasteiger partial charge in [-0.05, 0) is 75.4 Å². The lowest BCUT2D eigenvalue weighted by atomic mass is 9.53. The SMILES string of the molecule is CC(C(=O)O)c1ccc(CC2CCCC2=O)cc1.CN1CC[C@]23c4c5ccc(O)c4O[C@H]2[C@@H](O)C=C[C@H]3[C@H]1C5. The summed E-state index contributed by atoms with van der Waals surface area (Å²) >= 11 is 0. The molecule has 7 heteroatoms. The molecule has 2 aromatic carbocycles. The molecule has 7 atom stereocenters. The lowest BCUT2D eigenvalue weighted by Crippen LogP contribution is -2.64. The van der Waals surface area contributed by atoms with E-state index in [2.05, 4.69) is 18.0 Å². The number of phenolic OH excluding ortho intramolecular Hbond substituents is 1. The molecule has 2 aliphatic heterocycles. The average Bonchev–Trinajstić information content (AvgIpc) is 3.50. The zero-order valence-corrected chi connectivity index (χ0v) is 22.5. The van der Waals surface area contributed by atoms with Crippen molar-refractivity contribution in [2.45, 2.75) is 75.0 Å². The third-order valence-electron chi connectivity index (χ3n) is 9.91. The Morgan fingerprint density at radius 1 is 1.18 bits per heavy atom. The number of likely N-dealkylation sites (tertiary alicyclic amines) is 1. The van der Waals surface area contributed by atoms with Gasteiger partial charge in [-0.15, -0.1) is 0 Å². The Balaban J connectivity index is 0.000000144. The number of rotatable bonds is 4. The zero-order valence-electron chi connectivity index (χ0n) is 22.5. The van der Waals surface area contributed by atoms with Crippen LogP contribution in [0.5, 0.6) is 11.5 Å². The predicted octanol–water partition coefficient (Wildman–Crippen LogP) is 3.98. The number of likely N-dealkylation sites (N-methyl/N-ethyl adjacent to an activating group) is 1. The Bertz CT molecular complexity index is 1320. The van der Waals surface area contributed by atoms with E-state index in [0.717, 1.165) is 56.2 Å². The number of Topliss-reactive ketones (excluding diaryl/α,β-unsaturated/α-hetero) is 1. The Morgan fingerprint density at radius 3 is 2.64 bits per heavy atom. The summed E-state index contributed by atoms with van der Waals surface area (Å²) in [6.45, 7) is 2.69. The highest BCUT2D eigenvalue weighted by molar-refractivity contribution is 5.83. The molecule has 206 valence electrons. The van der Waals surface area contributed by atoms with E-state index in [9.17, 15) is 19.8 Å². The molecular formula is C32H37NO6. The van der Waals surface area contributed by atoms with Gasteiger partial charge in [0.15, 0.2) is 11.5 Å². The molecule has 3 aliphatic carbocycles. The van der Waals surface area contributed by atoms with Crippen molar-refractivity contribution in [1.82, 2.24) is 4.90 Å². The van der Waals surface area contributed by atoms with Crippen LogP contribution in [0.2, 0.25) is 0 Å². The van der Waals surface area contributed by atoms with Crippen LogP contribution in [0.25, 0.3) is 0 Å². The number of piperidine rings is 1. The summed E-state index contributed by atoms with van der Waals surface area (Å²) in [6, 6.07) is 11.8. The quantitative estimate of drug-likeness (QED) is 0.512. The van der Waals surface area contributed by atoms with Crippen molar-refractivity contribution in [3.63, 3.8) is 0 Å². The van der Waals surface area contributed by atoms with Gasteiger partial charge in [-0.3, -0.25) is 9.59 Å². The molecule has 2 heterocycles. The standard InChI is InChI=1S/C17H19NO3.C15H18O3/c1-18-7-6-17-10-3-5-13(20)16(17)21-15-12(19)4-2-9(14(15)17)8-11(10)18;1-10(15(17)18)12-7-5-11(6-8-12)9-13-3-2-4-14(13)16/h2-5,10-11,13,16,19-20H,6-8H2,1H3;5-8,10,13H,2-4,9H2,1H3,(H,17,18)/t10-,11+,13-,16-,17-;/m0./s1. The predicted molar refractivity (Wildman–Crippen MR) is 146 cm³/mol. The number of carboxylic acid groups (broad SMARTS) is 1. The number of phenols is 1. The second-order valence-corrected chi connectivity index (χ2v) is 12.0. The van der Waals surface area contributed by atoms with Crippen molar-refractivity contribution < 1.29 is 29.6 Å². The lowest BCUT2D eigenvalue weighted by molar-refractivity contribution is -0.138. The Labute approximate surface area is 229 Å². The molecule has 1 saturated carbocycles. The summed E-state index contributed by atoms with van der Waals surface area (Å²) in [5, 5.41) is 29.6. The maximum Gasteiger partial charge on any atom is 0.310 e. The van der Waals surface area contributed by atoms with E-state index in [1.54, 1.807) is 13.0 Å². The van der Waals surface area contributed by atoms with Crippen LogP contribution in [-0.2, 0) is 27.8 Å². The minimum Gasteiger partial charge on any atom is -0.504 e. The fraction of sp³-hybridized carbons (Fsp3) is 0.500. The zero-order chi connectivity index (χ0) is 27.5. The van der Waals surface area contributed by atoms with Gasteiger partial charge in [-0.25, -0.2) is 0 Å². The van der Waals surface area contributed by atoms with Crippen molar-refractivity contribution in [3.05, 3.63) is 70.8 Å². The van der Waals surface area contributed by atoms with Crippen molar-refractivity contribution in [2.24, 2.45) is 11.8 Å². The molecule has 1 spiro atoms. The summed E-state index contributed by atoms with van der Waals surface area (Å²) in [5.74, 6) is 0.445. The summed E-state index contributed by atoms with van der Waals surface area (Å²) in [7, 11) is 2.19. The number of hydrogen-bond acceptors (Lipinski definition) is 6. The van der Waals surface area contributed by atoms with Gasteiger partial charge in [0.05, 0.1) is 5.92 Å². The Morgan fingerprint density at radius 2 is 1.95 bits per heavy atom. The second kappa shape index (κ2) is 9.79. The van der Waals surface area contributed by atoms with Gasteiger partial charge >= 0.3 is 5.97 Å². The fourth-order valence-corrected chi connectivity index (χ4v) is 7.71. The molecule has 0 amide bonds. The third-order valence-corrected chi connectivity index (χ3v) is 9.91. The van der Waals surface area contributed by atoms with E-state index in [1.165, 1.54) is 11.1 Å². The van der Waals surface area contributed by atoms with Crippen LogP contribution in [0.1, 0.15) is 60.8 Å². The van der Waals surface area contributed by atoms with Crippen LogP contribution < -0.4 is 4.74 Å². The van der Waals surface area contributed by atoms with Crippen LogP contribution >= 0.6 is 0 Å². The first-order chi connectivity index (χ1) is 18.7. The number of carbonyl (C=O) groups excluding carboxylic acids is 1. The summed E-state index contributed by atoms with van der Waals surface area (Å²) < 4.78 is 6.09.